The Balaban J connectivity index is 2.38. The Hall–Kier alpha value is -1.06. The fourth-order valence-corrected chi connectivity index (χ4v) is 2.93. The van der Waals surface area contributed by atoms with Crippen molar-refractivity contribution in [3.63, 3.8) is 0 Å². The summed E-state index contributed by atoms with van der Waals surface area (Å²) < 4.78 is 0. The molecule has 0 radical (unpaired) electrons. The SMILES string of the molecule is CC(=O)N(CCNC(=O)CC(C)C)C1CCCCCC1. The van der Waals surface area contributed by atoms with Crippen LogP contribution in [0.3, 0.4) is 0 Å². The average molecular weight is 282 g/mol. The molecule has 116 valence electrons. The van der Waals surface area contributed by atoms with E-state index in [4.69, 9.17) is 0 Å². The fraction of sp³-hybridized carbons (Fsp3) is 0.875. The van der Waals surface area contributed by atoms with E-state index < -0.39 is 0 Å². The molecule has 1 aliphatic carbocycles. The number of rotatable bonds is 6. The molecule has 0 aromatic carbocycles. The van der Waals surface area contributed by atoms with Crippen LogP contribution in [0.1, 0.15) is 65.7 Å². The molecular formula is C16H30N2O2. The molecule has 1 saturated carbocycles. The number of hydrogen-bond acceptors (Lipinski definition) is 2. The van der Waals surface area contributed by atoms with Gasteiger partial charge in [-0.1, -0.05) is 39.5 Å². The maximum atomic E-state index is 11.8. The molecule has 2 amide bonds. The minimum absolute atomic E-state index is 0.0874. The Labute approximate surface area is 123 Å². The Morgan fingerprint density at radius 2 is 1.75 bits per heavy atom. The molecule has 20 heavy (non-hydrogen) atoms. The van der Waals surface area contributed by atoms with E-state index in [1.807, 2.05) is 18.7 Å². The monoisotopic (exact) mass is 282 g/mol. The van der Waals surface area contributed by atoms with Gasteiger partial charge >= 0.3 is 0 Å². The highest BCUT2D eigenvalue weighted by Gasteiger charge is 2.21. The number of carbonyl (C=O) groups excluding carboxylic acids is 2. The summed E-state index contributed by atoms with van der Waals surface area (Å²) >= 11 is 0. The molecule has 1 fully saturated rings. The normalized spacial score (nSPS) is 16.8. The van der Waals surface area contributed by atoms with Gasteiger partial charge < -0.3 is 10.2 Å². The van der Waals surface area contributed by atoms with Gasteiger partial charge in [-0.25, -0.2) is 0 Å². The molecule has 0 aromatic rings. The summed E-state index contributed by atoms with van der Waals surface area (Å²) in [6, 6.07) is 0.372. The third kappa shape index (κ3) is 6.40. The molecule has 0 atom stereocenters. The third-order valence-corrected chi connectivity index (χ3v) is 3.94. The number of carbonyl (C=O) groups is 2. The highest BCUT2D eigenvalue weighted by molar-refractivity contribution is 5.76. The number of hydrogen-bond donors (Lipinski definition) is 1. The van der Waals surface area contributed by atoms with Crippen LogP contribution < -0.4 is 5.32 Å². The van der Waals surface area contributed by atoms with Gasteiger partial charge in [0.05, 0.1) is 0 Å². The summed E-state index contributed by atoms with van der Waals surface area (Å²) in [6.07, 6.45) is 7.78. The largest absolute Gasteiger partial charge is 0.354 e. The van der Waals surface area contributed by atoms with E-state index in [2.05, 4.69) is 5.32 Å². The summed E-state index contributed by atoms with van der Waals surface area (Å²) in [5, 5.41) is 2.92. The highest BCUT2D eigenvalue weighted by Crippen LogP contribution is 2.21. The van der Waals surface area contributed by atoms with Crippen LogP contribution in [-0.2, 0) is 9.59 Å². The van der Waals surface area contributed by atoms with Crippen LogP contribution in [0.2, 0.25) is 0 Å². The summed E-state index contributed by atoms with van der Waals surface area (Å²) in [5.41, 5.74) is 0. The van der Waals surface area contributed by atoms with Crippen LogP contribution >= 0.6 is 0 Å². The lowest BCUT2D eigenvalue weighted by molar-refractivity contribution is -0.132. The first-order valence-electron chi connectivity index (χ1n) is 8.04. The molecule has 0 aromatic heterocycles. The minimum atomic E-state index is 0.0874. The van der Waals surface area contributed by atoms with E-state index in [9.17, 15) is 9.59 Å². The van der Waals surface area contributed by atoms with Crippen molar-refractivity contribution < 1.29 is 9.59 Å². The smallest absolute Gasteiger partial charge is 0.220 e. The van der Waals surface area contributed by atoms with Gasteiger partial charge in [-0.3, -0.25) is 9.59 Å². The lowest BCUT2D eigenvalue weighted by Crippen LogP contribution is -2.43. The first-order valence-corrected chi connectivity index (χ1v) is 8.04. The quantitative estimate of drug-likeness (QED) is 0.762. The second-order valence-corrected chi connectivity index (χ2v) is 6.31. The van der Waals surface area contributed by atoms with E-state index in [1.54, 1.807) is 6.92 Å². The molecule has 0 saturated heterocycles. The molecule has 0 heterocycles. The number of amides is 2. The molecule has 4 nitrogen and oxygen atoms in total. The summed E-state index contributed by atoms with van der Waals surface area (Å²) in [6.45, 7) is 6.92. The zero-order valence-electron chi connectivity index (χ0n) is 13.3. The third-order valence-electron chi connectivity index (χ3n) is 3.94. The van der Waals surface area contributed by atoms with Gasteiger partial charge in [-0.2, -0.15) is 0 Å². The second-order valence-electron chi connectivity index (χ2n) is 6.31. The standard InChI is InChI=1S/C16H30N2O2/c1-13(2)12-16(20)17-10-11-18(14(3)19)15-8-6-4-5-7-9-15/h13,15H,4-12H2,1-3H3,(H,17,20). The lowest BCUT2D eigenvalue weighted by atomic mass is 10.1. The van der Waals surface area contributed by atoms with E-state index in [1.165, 1.54) is 25.7 Å². The Kier molecular flexibility index (Phi) is 7.63. The van der Waals surface area contributed by atoms with Crippen molar-refractivity contribution in [2.24, 2.45) is 5.92 Å². The topological polar surface area (TPSA) is 49.4 Å². The molecular weight excluding hydrogens is 252 g/mol. The molecule has 0 unspecified atom stereocenters. The van der Waals surface area contributed by atoms with Crippen molar-refractivity contribution in [1.82, 2.24) is 10.2 Å². The van der Waals surface area contributed by atoms with Gasteiger partial charge in [0.1, 0.15) is 0 Å². The van der Waals surface area contributed by atoms with Crippen LogP contribution in [-0.4, -0.2) is 35.8 Å². The maximum Gasteiger partial charge on any atom is 0.220 e. The highest BCUT2D eigenvalue weighted by atomic mass is 16.2. The van der Waals surface area contributed by atoms with Crippen LogP contribution in [0.15, 0.2) is 0 Å². The van der Waals surface area contributed by atoms with Crippen LogP contribution in [0, 0.1) is 5.92 Å². The van der Waals surface area contributed by atoms with Crippen LogP contribution in [0.4, 0.5) is 0 Å². The van der Waals surface area contributed by atoms with Crippen molar-refractivity contribution >= 4 is 11.8 Å². The molecule has 1 aliphatic rings. The van der Waals surface area contributed by atoms with E-state index >= 15 is 0 Å². The van der Waals surface area contributed by atoms with Gasteiger partial charge in [0, 0.05) is 32.5 Å². The molecule has 0 aliphatic heterocycles. The summed E-state index contributed by atoms with van der Waals surface area (Å²) in [4.78, 5) is 25.4. The zero-order chi connectivity index (χ0) is 15.0. The van der Waals surface area contributed by atoms with Crippen LogP contribution in [0.5, 0.6) is 0 Å². The Morgan fingerprint density at radius 3 is 2.25 bits per heavy atom. The van der Waals surface area contributed by atoms with Gasteiger partial charge in [0.2, 0.25) is 11.8 Å². The van der Waals surface area contributed by atoms with Gasteiger partial charge in [0.15, 0.2) is 0 Å². The molecule has 1 N–H and O–H groups in total. The molecule has 0 bridgehead atoms. The maximum absolute atomic E-state index is 11.8. The number of nitrogens with zero attached hydrogens (tertiary/aromatic N) is 1. The Bertz CT molecular complexity index is 308. The van der Waals surface area contributed by atoms with Crippen molar-refractivity contribution in [2.75, 3.05) is 13.1 Å². The van der Waals surface area contributed by atoms with Crippen molar-refractivity contribution in [3.05, 3.63) is 0 Å². The predicted molar refractivity (Wildman–Crippen MR) is 81.3 cm³/mol. The Morgan fingerprint density at radius 1 is 1.15 bits per heavy atom. The van der Waals surface area contributed by atoms with Gasteiger partial charge in [0.25, 0.3) is 0 Å². The number of nitrogens with one attached hydrogen (secondary N) is 1. The van der Waals surface area contributed by atoms with Gasteiger partial charge in [-0.15, -0.1) is 0 Å². The molecule has 0 spiro atoms. The molecule has 1 rings (SSSR count). The van der Waals surface area contributed by atoms with Gasteiger partial charge in [-0.05, 0) is 18.8 Å². The van der Waals surface area contributed by atoms with E-state index in [0.29, 0.717) is 31.5 Å². The van der Waals surface area contributed by atoms with Crippen molar-refractivity contribution in [2.45, 2.75) is 71.8 Å². The van der Waals surface area contributed by atoms with E-state index in [0.717, 1.165) is 12.8 Å². The first kappa shape index (κ1) is 17.0. The van der Waals surface area contributed by atoms with Crippen molar-refractivity contribution in [1.29, 1.82) is 0 Å². The van der Waals surface area contributed by atoms with Crippen molar-refractivity contribution in [3.8, 4) is 0 Å². The molecule has 4 heteroatoms. The van der Waals surface area contributed by atoms with Crippen LogP contribution in [0.25, 0.3) is 0 Å². The zero-order valence-corrected chi connectivity index (χ0v) is 13.3. The fourth-order valence-electron chi connectivity index (χ4n) is 2.93. The minimum Gasteiger partial charge on any atom is -0.354 e. The predicted octanol–water partition coefficient (Wildman–Crippen LogP) is 2.72. The average Bonchev–Trinajstić information content (AvgIpc) is 2.62. The summed E-state index contributed by atoms with van der Waals surface area (Å²) in [5.74, 6) is 0.597. The summed E-state index contributed by atoms with van der Waals surface area (Å²) in [7, 11) is 0. The lowest BCUT2D eigenvalue weighted by Gasteiger charge is -2.30. The van der Waals surface area contributed by atoms with E-state index in [-0.39, 0.29) is 11.8 Å². The first-order chi connectivity index (χ1) is 9.50. The second kappa shape index (κ2) is 8.98.